The van der Waals surface area contributed by atoms with Crippen molar-refractivity contribution in [2.24, 2.45) is 52.3 Å². The minimum absolute atomic E-state index is 0.0615. The molecule has 37 heavy (non-hydrogen) atoms. The normalized spacial score (nSPS) is 54.5. The Balaban J connectivity index is 1.27. The van der Waals surface area contributed by atoms with Crippen molar-refractivity contribution in [2.75, 3.05) is 6.61 Å². The highest BCUT2D eigenvalue weighted by Crippen LogP contribution is 2.71. The predicted molar refractivity (Wildman–Crippen MR) is 138 cm³/mol. The molecule has 13 atom stereocenters. The van der Waals surface area contributed by atoms with Crippen LogP contribution in [0.15, 0.2) is 0 Å². The molecule has 208 valence electrons. The van der Waals surface area contributed by atoms with Gasteiger partial charge < -0.3 is 18.9 Å². The van der Waals surface area contributed by atoms with Crippen LogP contribution >= 0.6 is 0 Å². The van der Waals surface area contributed by atoms with Gasteiger partial charge in [0.25, 0.3) is 0 Å². The van der Waals surface area contributed by atoms with Gasteiger partial charge in [-0.15, -0.1) is 0 Å². The van der Waals surface area contributed by atoms with Crippen molar-refractivity contribution >= 4 is 11.9 Å². The smallest absolute Gasteiger partial charge is 0.302 e. The first kappa shape index (κ1) is 26.1. The third-order valence-electron chi connectivity index (χ3n) is 12.5. The molecule has 6 rings (SSSR count). The molecule has 0 radical (unpaired) electrons. The van der Waals surface area contributed by atoms with Crippen LogP contribution in [0.4, 0.5) is 0 Å². The van der Waals surface area contributed by atoms with Gasteiger partial charge in [0.15, 0.2) is 5.79 Å². The van der Waals surface area contributed by atoms with Crippen LogP contribution in [-0.2, 0) is 28.5 Å². The molecule has 6 aliphatic rings. The zero-order valence-corrected chi connectivity index (χ0v) is 23.8. The third-order valence-corrected chi connectivity index (χ3v) is 12.5. The summed E-state index contributed by atoms with van der Waals surface area (Å²) in [6.45, 7) is 13.5. The number of ether oxygens (including phenoxy) is 4. The molecule has 0 amide bonds. The highest BCUT2D eigenvalue weighted by atomic mass is 16.7. The lowest BCUT2D eigenvalue weighted by Crippen LogP contribution is -2.59. The summed E-state index contributed by atoms with van der Waals surface area (Å²) in [7, 11) is 0. The van der Waals surface area contributed by atoms with Crippen LogP contribution in [0.25, 0.3) is 0 Å². The van der Waals surface area contributed by atoms with Gasteiger partial charge in [0.05, 0.1) is 12.7 Å². The fourth-order valence-electron chi connectivity index (χ4n) is 10.9. The van der Waals surface area contributed by atoms with E-state index in [0.717, 1.165) is 45.1 Å². The number of hydrogen-bond acceptors (Lipinski definition) is 6. The maximum atomic E-state index is 12.3. The minimum atomic E-state index is -0.383. The van der Waals surface area contributed by atoms with E-state index in [4.69, 9.17) is 18.9 Å². The molecule has 1 spiro atoms. The molecule has 0 aromatic heterocycles. The van der Waals surface area contributed by atoms with E-state index in [0.29, 0.717) is 35.5 Å². The summed E-state index contributed by atoms with van der Waals surface area (Å²) in [4.78, 5) is 24.0. The topological polar surface area (TPSA) is 71.1 Å². The highest BCUT2D eigenvalue weighted by molar-refractivity contribution is 5.66. The van der Waals surface area contributed by atoms with Crippen molar-refractivity contribution in [1.82, 2.24) is 0 Å². The van der Waals surface area contributed by atoms with E-state index < -0.39 is 0 Å². The Bertz CT molecular complexity index is 925. The second-order valence-electron chi connectivity index (χ2n) is 14.4. The van der Waals surface area contributed by atoms with Gasteiger partial charge in [0.2, 0.25) is 0 Å². The van der Waals surface area contributed by atoms with Crippen LogP contribution in [0.5, 0.6) is 0 Å². The summed E-state index contributed by atoms with van der Waals surface area (Å²) >= 11 is 0. The molecule has 2 aliphatic heterocycles. The molecule has 2 unspecified atom stereocenters. The summed E-state index contributed by atoms with van der Waals surface area (Å²) in [5.74, 6) is 2.77. The maximum Gasteiger partial charge on any atom is 0.302 e. The molecule has 6 fully saturated rings. The van der Waals surface area contributed by atoms with Gasteiger partial charge in [-0.2, -0.15) is 0 Å². The lowest BCUT2D eigenvalue weighted by atomic mass is 9.43. The second-order valence-corrected chi connectivity index (χ2v) is 14.4. The molecule has 6 nitrogen and oxygen atoms in total. The van der Waals surface area contributed by atoms with Crippen molar-refractivity contribution in [2.45, 2.75) is 123 Å². The van der Waals surface area contributed by atoms with Crippen molar-refractivity contribution < 1.29 is 28.5 Å². The SMILES string of the molecule is CC(=O)O[C@H]1CC[C@@]2(C)[C@H](C1)[C@H](OC(C)=O)C[C@@H]1[C@@H]2CC[C@]2(C)C3C(C[C@@H]12)O[C@]1(CC[C@H](C)CO1)[C@H]3C. The number of hydrogen-bond donors (Lipinski definition) is 0. The lowest BCUT2D eigenvalue weighted by molar-refractivity contribution is -0.273. The zero-order chi connectivity index (χ0) is 26.3. The Hall–Kier alpha value is -1.14. The molecule has 0 aromatic carbocycles. The van der Waals surface area contributed by atoms with Crippen LogP contribution in [0.3, 0.4) is 0 Å². The molecule has 0 bridgehead atoms. The molecule has 2 heterocycles. The summed E-state index contributed by atoms with van der Waals surface area (Å²) in [5.41, 5.74) is 0.342. The zero-order valence-electron chi connectivity index (χ0n) is 23.8. The first-order valence-corrected chi connectivity index (χ1v) is 15.1. The van der Waals surface area contributed by atoms with Crippen LogP contribution < -0.4 is 0 Å². The number of esters is 2. The van der Waals surface area contributed by atoms with Gasteiger partial charge in [-0.25, -0.2) is 0 Å². The van der Waals surface area contributed by atoms with E-state index in [1.54, 1.807) is 6.92 Å². The van der Waals surface area contributed by atoms with Crippen molar-refractivity contribution in [3.8, 4) is 0 Å². The van der Waals surface area contributed by atoms with Crippen molar-refractivity contribution in [3.63, 3.8) is 0 Å². The van der Waals surface area contributed by atoms with E-state index in [2.05, 4.69) is 27.7 Å². The van der Waals surface area contributed by atoms with Gasteiger partial charge in [-0.3, -0.25) is 9.59 Å². The number of rotatable bonds is 2. The first-order valence-electron chi connectivity index (χ1n) is 15.1. The molecule has 4 saturated carbocycles. The van der Waals surface area contributed by atoms with Gasteiger partial charge >= 0.3 is 11.9 Å². The minimum Gasteiger partial charge on any atom is -0.463 e. The Labute approximate surface area is 222 Å². The Morgan fingerprint density at radius 2 is 1.54 bits per heavy atom. The van der Waals surface area contributed by atoms with E-state index >= 15 is 0 Å². The van der Waals surface area contributed by atoms with E-state index in [1.807, 2.05) is 0 Å². The Morgan fingerprint density at radius 1 is 0.811 bits per heavy atom. The van der Waals surface area contributed by atoms with E-state index in [1.165, 1.54) is 26.2 Å². The van der Waals surface area contributed by atoms with Crippen LogP contribution in [0.2, 0.25) is 0 Å². The monoisotopic (exact) mass is 516 g/mol. The van der Waals surface area contributed by atoms with Crippen molar-refractivity contribution in [3.05, 3.63) is 0 Å². The Morgan fingerprint density at radius 3 is 2.22 bits per heavy atom. The maximum absolute atomic E-state index is 12.3. The summed E-state index contributed by atoms with van der Waals surface area (Å²) in [5, 5.41) is 0. The summed E-state index contributed by atoms with van der Waals surface area (Å²) in [6, 6.07) is 0. The first-order chi connectivity index (χ1) is 17.5. The molecule has 4 aliphatic carbocycles. The van der Waals surface area contributed by atoms with Crippen LogP contribution in [0.1, 0.15) is 99.3 Å². The second kappa shape index (κ2) is 8.94. The average Bonchev–Trinajstić information content (AvgIpc) is 3.26. The third kappa shape index (κ3) is 3.93. The average molecular weight is 517 g/mol. The lowest BCUT2D eigenvalue weighted by Gasteiger charge is -2.62. The quantitative estimate of drug-likeness (QED) is 0.425. The standard InChI is InChI=1S/C31H48O6/c1-17-7-12-31(34-16-17)18(2)28-27(37-31)15-24-22-14-26(36-20(4)33)25-13-21(35-19(3)32)8-10-29(25,5)23(22)9-11-30(24,28)6/h17-18,21-28H,7-16H2,1-6H3/t17-,18-,21-,22+,23-,24-,25+,26+,27?,28?,29+,30-,31+/m0/s1. The van der Waals surface area contributed by atoms with Gasteiger partial charge in [-0.1, -0.05) is 27.7 Å². The van der Waals surface area contributed by atoms with E-state index in [-0.39, 0.29) is 52.8 Å². The highest BCUT2D eigenvalue weighted by Gasteiger charge is 2.70. The molecule has 0 N–H and O–H groups in total. The van der Waals surface area contributed by atoms with Gasteiger partial charge in [-0.05, 0) is 91.8 Å². The van der Waals surface area contributed by atoms with E-state index in [9.17, 15) is 9.59 Å². The number of carbonyl (C=O) groups excluding carboxylic acids is 2. The fraction of sp³-hybridized carbons (Fsp3) is 0.935. The van der Waals surface area contributed by atoms with Gasteiger partial charge in [0.1, 0.15) is 12.2 Å². The number of carbonyl (C=O) groups is 2. The summed E-state index contributed by atoms with van der Waals surface area (Å²) in [6.07, 6.45) is 9.59. The molecular formula is C31H48O6. The fourth-order valence-corrected chi connectivity index (χ4v) is 10.9. The Kier molecular flexibility index (Phi) is 6.31. The molecule has 2 saturated heterocycles. The predicted octanol–water partition coefficient (Wildman–Crippen LogP) is 5.91. The van der Waals surface area contributed by atoms with Crippen LogP contribution in [0, 0.1) is 52.3 Å². The van der Waals surface area contributed by atoms with Crippen molar-refractivity contribution in [1.29, 1.82) is 0 Å². The summed E-state index contributed by atoms with van der Waals surface area (Å²) < 4.78 is 25.2. The van der Waals surface area contributed by atoms with Crippen LogP contribution in [-0.4, -0.2) is 42.6 Å². The van der Waals surface area contributed by atoms with Gasteiger partial charge in [0, 0.05) is 32.1 Å². The molecule has 0 aromatic rings. The molecule has 6 heteroatoms. The number of fused-ring (bicyclic) bond motifs is 7. The largest absolute Gasteiger partial charge is 0.463 e. The molecular weight excluding hydrogens is 468 g/mol.